The number of aliphatic hydroxyl groups excluding tert-OH is 1. The van der Waals surface area contributed by atoms with Gasteiger partial charge in [0, 0.05) is 13.1 Å². The maximum Gasteiger partial charge on any atom is 0.312 e. The number of aliphatic hydroxyl groups is 1. The maximum atomic E-state index is 14.3. The normalized spacial score (nSPS) is 32.1. The van der Waals surface area contributed by atoms with Crippen LogP contribution in [-0.2, 0) is 30.5 Å². The molecule has 11 nitrogen and oxygen atoms in total. The van der Waals surface area contributed by atoms with E-state index in [-0.39, 0.29) is 50.7 Å². The summed E-state index contributed by atoms with van der Waals surface area (Å²) >= 11 is 0. The Kier molecular flexibility index (Phi) is 6.31. The molecule has 3 unspecified atom stereocenters. The van der Waals surface area contributed by atoms with E-state index in [1.54, 1.807) is 22.6 Å². The fourth-order valence-corrected chi connectivity index (χ4v) is 6.69. The van der Waals surface area contributed by atoms with Gasteiger partial charge >= 0.3 is 5.97 Å². The number of nitrogens with zero attached hydrogens (tertiary/aromatic N) is 5. The van der Waals surface area contributed by atoms with Crippen molar-refractivity contribution in [2.24, 2.45) is 17.8 Å². The van der Waals surface area contributed by atoms with Crippen LogP contribution in [0.5, 0.6) is 0 Å². The Bertz CT molecular complexity index is 1250. The number of fused-ring (bicyclic) bond motifs is 2. The van der Waals surface area contributed by atoms with Crippen LogP contribution < -0.4 is 0 Å². The predicted octanol–water partition coefficient (Wildman–Crippen LogP) is 0.970. The number of hydrogen-bond donors (Lipinski definition) is 1. The van der Waals surface area contributed by atoms with Gasteiger partial charge < -0.3 is 24.4 Å². The van der Waals surface area contributed by atoms with Gasteiger partial charge in [0.05, 0.1) is 30.2 Å². The van der Waals surface area contributed by atoms with Gasteiger partial charge in [0.1, 0.15) is 29.7 Å². The summed E-state index contributed by atoms with van der Waals surface area (Å²) in [5.41, 5.74) is -0.695. The topological polar surface area (TPSA) is 127 Å². The summed E-state index contributed by atoms with van der Waals surface area (Å²) < 4.78 is 13.6. The van der Waals surface area contributed by atoms with E-state index in [0.717, 1.165) is 5.52 Å². The Morgan fingerprint density at radius 1 is 1.38 bits per heavy atom. The highest BCUT2D eigenvalue weighted by molar-refractivity contribution is 5.98. The van der Waals surface area contributed by atoms with Crippen LogP contribution in [0, 0.1) is 17.8 Å². The van der Waals surface area contributed by atoms with Crippen LogP contribution in [0.15, 0.2) is 36.9 Å². The smallest absolute Gasteiger partial charge is 0.312 e. The van der Waals surface area contributed by atoms with Gasteiger partial charge in [-0.2, -0.15) is 0 Å². The quantitative estimate of drug-likeness (QED) is 0.390. The molecular weight excluding hydrogens is 478 g/mol. The number of amides is 2. The van der Waals surface area contributed by atoms with Crippen molar-refractivity contribution in [2.75, 3.05) is 26.3 Å². The standard InChI is InChI=1S/C26H33N5O6/c1-5-11-29(15-31-18-10-8-7-9-17(18)27-28-31)23(34)21-26-14-16(3)25(4,37-26)20(24(35)36-6-2)19(26)22(33)30(21)12-13-32/h5,7-10,16,19-21,32H,1,6,11-15H2,2-4H3/t16?,19-,20+,21?,25-,26?/m0/s1. The number of β-amino-alcohol motifs (C(OH)–C–C–N with tert-alkyl or cyclic N) is 1. The molecule has 1 aromatic heterocycles. The SMILES string of the molecule is C=CCN(Cn1nnc2ccccc21)C(=O)C1N(CCO)C(=O)[C@@H]2[C@H](C(=O)OCC)[C@@]3(C)OC12CC3C. The lowest BCUT2D eigenvalue weighted by Gasteiger charge is -2.37. The number of carbonyl (C=O) groups excluding carboxylic acids is 3. The van der Waals surface area contributed by atoms with Crippen LogP contribution in [-0.4, -0.2) is 91.2 Å². The van der Waals surface area contributed by atoms with Gasteiger partial charge in [0.25, 0.3) is 0 Å². The fourth-order valence-electron chi connectivity index (χ4n) is 6.69. The third-order valence-corrected chi connectivity index (χ3v) is 8.32. The van der Waals surface area contributed by atoms with Gasteiger partial charge in [-0.05, 0) is 38.3 Å². The molecule has 4 heterocycles. The Morgan fingerprint density at radius 3 is 2.84 bits per heavy atom. The van der Waals surface area contributed by atoms with Crippen molar-refractivity contribution in [3.05, 3.63) is 36.9 Å². The molecule has 3 aliphatic rings. The molecule has 3 aliphatic heterocycles. The zero-order chi connectivity index (χ0) is 26.5. The average Bonchev–Trinajstić information content (AvgIpc) is 3.53. The molecule has 11 heteroatoms. The molecule has 2 bridgehead atoms. The first kappa shape index (κ1) is 25.3. The molecule has 198 valence electrons. The Balaban J connectivity index is 1.55. The number of hydrogen-bond acceptors (Lipinski definition) is 8. The van der Waals surface area contributed by atoms with E-state index in [4.69, 9.17) is 9.47 Å². The summed E-state index contributed by atoms with van der Waals surface area (Å²) in [6.45, 7) is 9.41. The highest BCUT2D eigenvalue weighted by Crippen LogP contribution is 2.65. The molecule has 3 saturated heterocycles. The van der Waals surface area contributed by atoms with Crippen molar-refractivity contribution < 1.29 is 29.0 Å². The molecule has 3 fully saturated rings. The zero-order valence-corrected chi connectivity index (χ0v) is 21.4. The summed E-state index contributed by atoms with van der Waals surface area (Å²) in [7, 11) is 0. The number of ether oxygens (including phenoxy) is 2. The van der Waals surface area contributed by atoms with E-state index in [1.165, 1.54) is 4.90 Å². The van der Waals surface area contributed by atoms with Crippen molar-refractivity contribution in [1.29, 1.82) is 0 Å². The van der Waals surface area contributed by atoms with Crippen LogP contribution in [0.4, 0.5) is 0 Å². The molecule has 0 saturated carbocycles. The predicted molar refractivity (Wildman–Crippen MR) is 132 cm³/mol. The van der Waals surface area contributed by atoms with Crippen LogP contribution in [0.2, 0.25) is 0 Å². The zero-order valence-electron chi connectivity index (χ0n) is 21.4. The van der Waals surface area contributed by atoms with E-state index < -0.39 is 35.0 Å². The van der Waals surface area contributed by atoms with Crippen LogP contribution in [0.25, 0.3) is 11.0 Å². The first-order valence-electron chi connectivity index (χ1n) is 12.7. The number of aromatic nitrogens is 3. The second-order valence-corrected chi connectivity index (χ2v) is 10.3. The number of carbonyl (C=O) groups is 3. The second kappa shape index (κ2) is 9.21. The molecule has 1 aromatic carbocycles. The van der Waals surface area contributed by atoms with Gasteiger partial charge in [-0.25, -0.2) is 4.68 Å². The van der Waals surface area contributed by atoms with E-state index in [1.807, 2.05) is 38.1 Å². The number of esters is 1. The second-order valence-electron chi connectivity index (χ2n) is 10.3. The number of para-hydroxylation sites is 1. The van der Waals surface area contributed by atoms with E-state index in [9.17, 15) is 19.5 Å². The lowest BCUT2D eigenvalue weighted by atomic mass is 9.62. The van der Waals surface area contributed by atoms with Gasteiger partial charge in [0.15, 0.2) is 0 Å². The summed E-state index contributed by atoms with van der Waals surface area (Å²) in [5, 5.41) is 18.2. The van der Waals surface area contributed by atoms with Crippen molar-refractivity contribution in [3.8, 4) is 0 Å². The number of benzene rings is 1. The molecule has 0 radical (unpaired) electrons. The van der Waals surface area contributed by atoms with Gasteiger partial charge in [0.2, 0.25) is 11.8 Å². The molecular formula is C26H33N5O6. The monoisotopic (exact) mass is 511 g/mol. The summed E-state index contributed by atoms with van der Waals surface area (Å²) in [4.78, 5) is 44.2. The maximum absolute atomic E-state index is 14.3. The largest absolute Gasteiger partial charge is 0.466 e. The minimum Gasteiger partial charge on any atom is -0.466 e. The Morgan fingerprint density at radius 2 is 2.14 bits per heavy atom. The lowest BCUT2D eigenvalue weighted by molar-refractivity contribution is -0.162. The van der Waals surface area contributed by atoms with Gasteiger partial charge in [-0.3, -0.25) is 14.4 Å². The molecule has 1 N–H and O–H groups in total. The van der Waals surface area contributed by atoms with Gasteiger partial charge in [-0.15, -0.1) is 11.7 Å². The van der Waals surface area contributed by atoms with Crippen LogP contribution >= 0.6 is 0 Å². The average molecular weight is 512 g/mol. The van der Waals surface area contributed by atoms with Crippen LogP contribution in [0.1, 0.15) is 27.2 Å². The molecule has 2 amide bonds. The van der Waals surface area contributed by atoms with Crippen molar-refractivity contribution in [3.63, 3.8) is 0 Å². The third kappa shape index (κ3) is 3.58. The molecule has 37 heavy (non-hydrogen) atoms. The van der Waals surface area contributed by atoms with Crippen molar-refractivity contribution in [2.45, 2.75) is 51.1 Å². The Hall–Kier alpha value is -3.31. The summed E-state index contributed by atoms with van der Waals surface area (Å²) in [5.74, 6) is -3.02. The van der Waals surface area contributed by atoms with Gasteiger partial charge in [-0.1, -0.05) is 30.3 Å². The molecule has 6 atom stereocenters. The summed E-state index contributed by atoms with van der Waals surface area (Å²) in [6.07, 6.45) is 2.04. The minimum absolute atomic E-state index is 0.0499. The Labute approximate surface area is 215 Å². The minimum atomic E-state index is -1.21. The van der Waals surface area contributed by atoms with E-state index in [2.05, 4.69) is 16.9 Å². The number of rotatable bonds is 9. The first-order chi connectivity index (χ1) is 17.7. The lowest BCUT2D eigenvalue weighted by Crippen LogP contribution is -2.57. The molecule has 0 aliphatic carbocycles. The highest BCUT2D eigenvalue weighted by Gasteiger charge is 2.80. The van der Waals surface area contributed by atoms with Crippen molar-refractivity contribution >= 4 is 28.8 Å². The summed E-state index contributed by atoms with van der Waals surface area (Å²) in [6, 6.07) is 6.41. The van der Waals surface area contributed by atoms with E-state index in [0.29, 0.717) is 11.9 Å². The van der Waals surface area contributed by atoms with E-state index >= 15 is 0 Å². The molecule has 2 aromatic rings. The third-order valence-electron chi connectivity index (χ3n) is 8.32. The number of likely N-dealkylation sites (tertiary alicyclic amines) is 1. The first-order valence-corrected chi connectivity index (χ1v) is 12.7. The van der Waals surface area contributed by atoms with Crippen molar-refractivity contribution in [1.82, 2.24) is 24.8 Å². The van der Waals surface area contributed by atoms with Crippen LogP contribution in [0.3, 0.4) is 0 Å². The molecule has 1 spiro atoms. The fraction of sp³-hybridized carbons (Fsp3) is 0.577. The molecule has 5 rings (SSSR count). The highest BCUT2D eigenvalue weighted by atomic mass is 16.6.